The van der Waals surface area contributed by atoms with Gasteiger partial charge in [-0.2, -0.15) is 0 Å². The second-order valence-corrected chi connectivity index (χ2v) is 3.56. The van der Waals surface area contributed by atoms with Gasteiger partial charge in [0.15, 0.2) is 0 Å². The van der Waals surface area contributed by atoms with Crippen molar-refractivity contribution in [2.75, 3.05) is 6.54 Å². The summed E-state index contributed by atoms with van der Waals surface area (Å²) in [7, 11) is 0. The molecule has 0 aromatic heterocycles. The SMILES string of the molecule is CC(C)c1ccccc1[NH2+]CC(=O)[O-]. The van der Waals surface area contributed by atoms with Crippen molar-refractivity contribution in [3.8, 4) is 0 Å². The summed E-state index contributed by atoms with van der Waals surface area (Å²) in [6, 6.07) is 7.82. The van der Waals surface area contributed by atoms with Gasteiger partial charge < -0.3 is 15.2 Å². The summed E-state index contributed by atoms with van der Waals surface area (Å²) in [4.78, 5) is 10.3. The van der Waals surface area contributed by atoms with Crippen LogP contribution in [0.4, 0.5) is 5.69 Å². The Labute approximate surface area is 83.8 Å². The molecule has 3 heteroatoms. The van der Waals surface area contributed by atoms with Crippen molar-refractivity contribution >= 4 is 11.7 Å². The number of nitrogens with two attached hydrogens (primary N) is 1. The summed E-state index contributed by atoms with van der Waals surface area (Å²) in [5.41, 5.74) is 2.17. The fraction of sp³-hybridized carbons (Fsp3) is 0.364. The number of hydrogen-bond acceptors (Lipinski definition) is 2. The average molecular weight is 193 g/mol. The second kappa shape index (κ2) is 4.77. The highest BCUT2D eigenvalue weighted by Crippen LogP contribution is 2.19. The highest BCUT2D eigenvalue weighted by atomic mass is 16.4. The minimum atomic E-state index is -1.04. The van der Waals surface area contributed by atoms with Gasteiger partial charge in [-0.15, -0.1) is 0 Å². The van der Waals surface area contributed by atoms with Crippen molar-refractivity contribution in [1.29, 1.82) is 0 Å². The Morgan fingerprint density at radius 3 is 2.64 bits per heavy atom. The zero-order valence-electron chi connectivity index (χ0n) is 8.49. The summed E-state index contributed by atoms with van der Waals surface area (Å²) >= 11 is 0. The number of para-hydroxylation sites is 1. The maximum atomic E-state index is 10.3. The molecule has 0 saturated carbocycles. The van der Waals surface area contributed by atoms with E-state index in [2.05, 4.69) is 13.8 Å². The minimum absolute atomic E-state index is 0.0241. The molecule has 0 atom stereocenters. The molecule has 14 heavy (non-hydrogen) atoms. The number of carboxylic acids is 1. The normalized spacial score (nSPS) is 10.5. The van der Waals surface area contributed by atoms with Crippen LogP contribution < -0.4 is 10.4 Å². The zero-order valence-corrected chi connectivity index (χ0v) is 8.49. The van der Waals surface area contributed by atoms with Crippen molar-refractivity contribution in [2.45, 2.75) is 19.8 Å². The largest absolute Gasteiger partial charge is 0.544 e. The Kier molecular flexibility index (Phi) is 3.65. The molecule has 0 fully saturated rings. The molecular formula is C11H15NO2. The first-order valence-corrected chi connectivity index (χ1v) is 4.73. The van der Waals surface area contributed by atoms with Crippen molar-refractivity contribution in [3.05, 3.63) is 29.8 Å². The summed E-state index contributed by atoms with van der Waals surface area (Å²) < 4.78 is 0. The van der Waals surface area contributed by atoms with Crippen LogP contribution in [-0.2, 0) is 4.79 Å². The van der Waals surface area contributed by atoms with Crippen LogP contribution >= 0.6 is 0 Å². The number of rotatable bonds is 4. The van der Waals surface area contributed by atoms with Crippen LogP contribution in [0.3, 0.4) is 0 Å². The number of aliphatic carboxylic acids is 1. The molecule has 0 amide bonds. The lowest BCUT2D eigenvalue weighted by atomic mass is 10.0. The van der Waals surface area contributed by atoms with E-state index < -0.39 is 5.97 Å². The summed E-state index contributed by atoms with van der Waals surface area (Å²) in [6.45, 7) is 4.15. The van der Waals surface area contributed by atoms with Crippen LogP contribution in [0.5, 0.6) is 0 Å². The van der Waals surface area contributed by atoms with E-state index in [1.54, 1.807) is 5.32 Å². The molecule has 2 N–H and O–H groups in total. The summed E-state index contributed by atoms with van der Waals surface area (Å²) in [6.07, 6.45) is 0. The molecule has 0 heterocycles. The van der Waals surface area contributed by atoms with E-state index in [-0.39, 0.29) is 6.54 Å². The molecule has 0 saturated heterocycles. The van der Waals surface area contributed by atoms with Crippen LogP contribution in [0.15, 0.2) is 24.3 Å². The lowest BCUT2D eigenvalue weighted by molar-refractivity contribution is -0.569. The highest BCUT2D eigenvalue weighted by Gasteiger charge is 2.08. The molecule has 3 nitrogen and oxygen atoms in total. The maximum Gasteiger partial charge on any atom is 0.133 e. The highest BCUT2D eigenvalue weighted by molar-refractivity contribution is 5.65. The lowest BCUT2D eigenvalue weighted by Gasteiger charge is -2.10. The molecule has 0 aliphatic rings. The van der Waals surface area contributed by atoms with Gasteiger partial charge in [-0.25, -0.2) is 0 Å². The number of carbonyl (C=O) groups excluding carboxylic acids is 1. The molecule has 0 spiro atoms. The molecule has 0 unspecified atom stereocenters. The minimum Gasteiger partial charge on any atom is -0.544 e. The summed E-state index contributed by atoms with van der Waals surface area (Å²) in [5.74, 6) is -0.632. The molecule has 0 radical (unpaired) electrons. The molecule has 0 aliphatic carbocycles. The van der Waals surface area contributed by atoms with E-state index in [4.69, 9.17) is 0 Å². The van der Waals surface area contributed by atoms with Crippen molar-refractivity contribution in [2.24, 2.45) is 0 Å². The predicted octanol–water partition coefficient (Wildman–Crippen LogP) is -0.245. The first-order chi connectivity index (χ1) is 6.61. The van der Waals surface area contributed by atoms with Crippen molar-refractivity contribution in [1.82, 2.24) is 0 Å². The van der Waals surface area contributed by atoms with Crippen LogP contribution in [0, 0.1) is 0 Å². The monoisotopic (exact) mass is 193 g/mol. The van der Waals surface area contributed by atoms with Crippen LogP contribution in [0.2, 0.25) is 0 Å². The first-order valence-electron chi connectivity index (χ1n) is 4.73. The average Bonchev–Trinajstić information content (AvgIpc) is 2.15. The van der Waals surface area contributed by atoms with Crippen molar-refractivity contribution < 1.29 is 15.2 Å². The van der Waals surface area contributed by atoms with Crippen LogP contribution in [-0.4, -0.2) is 12.5 Å². The van der Waals surface area contributed by atoms with Crippen LogP contribution in [0.1, 0.15) is 25.3 Å². The third-order valence-corrected chi connectivity index (χ3v) is 2.11. The zero-order chi connectivity index (χ0) is 10.6. The third kappa shape index (κ3) is 2.85. The Balaban J connectivity index is 2.79. The maximum absolute atomic E-state index is 10.3. The Morgan fingerprint density at radius 1 is 1.43 bits per heavy atom. The number of carboxylic acid groups (broad SMARTS) is 1. The van der Waals surface area contributed by atoms with Gasteiger partial charge in [-0.1, -0.05) is 32.0 Å². The number of benzene rings is 1. The molecular weight excluding hydrogens is 178 g/mol. The van der Waals surface area contributed by atoms with E-state index >= 15 is 0 Å². The van der Waals surface area contributed by atoms with Gasteiger partial charge in [0.25, 0.3) is 0 Å². The third-order valence-electron chi connectivity index (χ3n) is 2.11. The fourth-order valence-electron chi connectivity index (χ4n) is 1.42. The molecule has 76 valence electrons. The van der Waals surface area contributed by atoms with Crippen LogP contribution in [0.25, 0.3) is 0 Å². The predicted molar refractivity (Wildman–Crippen MR) is 52.0 cm³/mol. The number of quaternary nitrogens is 1. The van der Waals surface area contributed by atoms with Gasteiger partial charge >= 0.3 is 0 Å². The van der Waals surface area contributed by atoms with Gasteiger partial charge in [0.1, 0.15) is 12.2 Å². The van der Waals surface area contributed by atoms with Crippen molar-refractivity contribution in [3.63, 3.8) is 0 Å². The molecule has 1 aromatic carbocycles. The van der Waals surface area contributed by atoms with E-state index in [9.17, 15) is 9.90 Å². The van der Waals surface area contributed by atoms with Gasteiger partial charge in [-0.05, 0) is 12.0 Å². The first kappa shape index (κ1) is 10.7. The van der Waals surface area contributed by atoms with E-state index in [1.165, 1.54) is 5.56 Å². The van der Waals surface area contributed by atoms with Gasteiger partial charge in [0.05, 0.1) is 5.97 Å². The molecule has 1 rings (SSSR count). The van der Waals surface area contributed by atoms with Gasteiger partial charge in [0, 0.05) is 5.56 Å². The topological polar surface area (TPSA) is 56.7 Å². The summed E-state index contributed by atoms with van der Waals surface area (Å²) in [5, 5.41) is 12.0. The standard InChI is InChI=1S/C11H15NO2/c1-8(2)9-5-3-4-6-10(9)12-7-11(13)14/h3-6,8,12H,7H2,1-2H3,(H,13,14). The number of hydrogen-bond donors (Lipinski definition) is 1. The Bertz CT molecular complexity index is 321. The van der Waals surface area contributed by atoms with Gasteiger partial charge in [0.2, 0.25) is 0 Å². The lowest BCUT2D eigenvalue weighted by Crippen LogP contribution is -2.81. The van der Waals surface area contributed by atoms with E-state index in [0.717, 1.165) is 5.69 Å². The Hall–Kier alpha value is -1.35. The fourth-order valence-corrected chi connectivity index (χ4v) is 1.42. The van der Waals surface area contributed by atoms with E-state index in [1.807, 2.05) is 24.3 Å². The van der Waals surface area contributed by atoms with Gasteiger partial charge in [-0.3, -0.25) is 0 Å². The quantitative estimate of drug-likeness (QED) is 0.671. The second-order valence-electron chi connectivity index (χ2n) is 3.56. The number of carbonyl (C=O) groups is 1. The smallest absolute Gasteiger partial charge is 0.133 e. The molecule has 0 aliphatic heterocycles. The molecule has 1 aromatic rings. The van der Waals surface area contributed by atoms with E-state index in [0.29, 0.717) is 5.92 Å². The molecule has 0 bridgehead atoms. The Morgan fingerprint density at radius 2 is 2.07 bits per heavy atom.